The monoisotopic (exact) mass is 342 g/mol. The maximum atomic E-state index is 12.5. The molecular weight excluding hydrogens is 316 g/mol. The number of carbonyl (C=O) groups excluding carboxylic acids is 1. The highest BCUT2D eigenvalue weighted by Gasteiger charge is 2.23. The van der Waals surface area contributed by atoms with Gasteiger partial charge in [-0.2, -0.15) is 11.3 Å². The van der Waals surface area contributed by atoms with Crippen molar-refractivity contribution >= 4 is 17.2 Å². The van der Waals surface area contributed by atoms with Crippen molar-refractivity contribution in [1.29, 1.82) is 0 Å². The van der Waals surface area contributed by atoms with Crippen LogP contribution < -0.4 is 5.32 Å². The second kappa shape index (κ2) is 7.95. The Kier molecular flexibility index (Phi) is 5.69. The summed E-state index contributed by atoms with van der Waals surface area (Å²) in [5.41, 5.74) is 4.45. The fraction of sp³-hybridized carbons (Fsp3) is 0.450. The first-order chi connectivity index (χ1) is 11.6. The average Bonchev–Trinajstić information content (AvgIpc) is 3.12. The third-order valence-corrected chi connectivity index (χ3v) is 5.69. The minimum atomic E-state index is 0.0235. The van der Waals surface area contributed by atoms with E-state index in [1.807, 2.05) is 25.1 Å². The van der Waals surface area contributed by atoms with Crippen LogP contribution in [0.25, 0.3) is 0 Å². The summed E-state index contributed by atoms with van der Waals surface area (Å²) in [7, 11) is 0. The van der Waals surface area contributed by atoms with Crippen molar-refractivity contribution in [3.8, 4) is 0 Å². The number of likely N-dealkylation sites (tertiary alicyclic amines) is 1. The minimum absolute atomic E-state index is 0.0235. The van der Waals surface area contributed by atoms with Crippen LogP contribution in [0.3, 0.4) is 0 Å². The smallest absolute Gasteiger partial charge is 0.251 e. The molecule has 0 radical (unpaired) electrons. The summed E-state index contributed by atoms with van der Waals surface area (Å²) >= 11 is 1.73. The summed E-state index contributed by atoms with van der Waals surface area (Å²) in [6, 6.07) is 8.38. The molecule has 0 aliphatic carbocycles. The van der Waals surface area contributed by atoms with Gasteiger partial charge >= 0.3 is 0 Å². The molecule has 3 rings (SSSR count). The molecule has 1 saturated heterocycles. The van der Waals surface area contributed by atoms with Gasteiger partial charge in [0, 0.05) is 12.1 Å². The van der Waals surface area contributed by atoms with E-state index in [1.54, 1.807) is 11.3 Å². The third-order valence-electron chi connectivity index (χ3n) is 4.98. The van der Waals surface area contributed by atoms with Crippen molar-refractivity contribution < 1.29 is 4.79 Å². The lowest BCUT2D eigenvalue weighted by Gasteiger charge is -2.34. The average molecular weight is 343 g/mol. The van der Waals surface area contributed by atoms with Crippen LogP contribution >= 0.6 is 11.3 Å². The van der Waals surface area contributed by atoms with E-state index in [-0.39, 0.29) is 11.9 Å². The molecule has 1 amide bonds. The van der Waals surface area contributed by atoms with Crippen molar-refractivity contribution in [2.24, 2.45) is 0 Å². The number of nitrogens with zero attached hydrogens (tertiary/aromatic N) is 1. The van der Waals surface area contributed by atoms with Crippen LogP contribution in [0.15, 0.2) is 35.0 Å². The maximum Gasteiger partial charge on any atom is 0.251 e. The SMILES string of the molecule is Cc1ccc(C(=O)NCC(c2ccsc2)N2CCCCC2)cc1C. The normalized spacial score (nSPS) is 16.8. The maximum absolute atomic E-state index is 12.5. The van der Waals surface area contributed by atoms with Gasteiger partial charge in [-0.25, -0.2) is 0 Å². The Morgan fingerprint density at radius 3 is 2.62 bits per heavy atom. The van der Waals surface area contributed by atoms with Crippen LogP contribution in [0, 0.1) is 13.8 Å². The molecule has 1 atom stereocenters. The van der Waals surface area contributed by atoms with E-state index in [0.29, 0.717) is 6.54 Å². The van der Waals surface area contributed by atoms with Crippen molar-refractivity contribution in [3.05, 3.63) is 57.3 Å². The van der Waals surface area contributed by atoms with Gasteiger partial charge in [0.15, 0.2) is 0 Å². The molecule has 0 saturated carbocycles. The molecule has 1 unspecified atom stereocenters. The minimum Gasteiger partial charge on any atom is -0.350 e. The Balaban J connectivity index is 1.68. The van der Waals surface area contributed by atoms with E-state index >= 15 is 0 Å². The van der Waals surface area contributed by atoms with E-state index in [0.717, 1.165) is 24.2 Å². The number of piperidine rings is 1. The molecule has 1 N–H and O–H groups in total. The first-order valence-corrected chi connectivity index (χ1v) is 9.71. The Morgan fingerprint density at radius 1 is 1.17 bits per heavy atom. The second-order valence-electron chi connectivity index (χ2n) is 6.68. The number of thiophene rings is 1. The van der Waals surface area contributed by atoms with E-state index in [4.69, 9.17) is 0 Å². The number of rotatable bonds is 5. The van der Waals surface area contributed by atoms with Crippen LogP contribution in [0.4, 0.5) is 0 Å². The highest BCUT2D eigenvalue weighted by Crippen LogP contribution is 2.26. The van der Waals surface area contributed by atoms with Crippen molar-refractivity contribution in [2.45, 2.75) is 39.2 Å². The van der Waals surface area contributed by atoms with Gasteiger partial charge in [-0.05, 0) is 85.4 Å². The summed E-state index contributed by atoms with van der Waals surface area (Å²) in [5, 5.41) is 7.49. The predicted molar refractivity (Wildman–Crippen MR) is 101 cm³/mol. The summed E-state index contributed by atoms with van der Waals surface area (Å²) in [6.07, 6.45) is 3.83. The summed E-state index contributed by atoms with van der Waals surface area (Å²) in [6.45, 7) is 7.04. The highest BCUT2D eigenvalue weighted by atomic mass is 32.1. The lowest BCUT2D eigenvalue weighted by Crippen LogP contribution is -2.40. The first kappa shape index (κ1) is 17.2. The Bertz CT molecular complexity index is 675. The molecule has 128 valence electrons. The second-order valence-corrected chi connectivity index (χ2v) is 7.46. The number of nitrogens with one attached hydrogen (secondary N) is 1. The summed E-state index contributed by atoms with van der Waals surface area (Å²) in [4.78, 5) is 15.1. The van der Waals surface area contributed by atoms with E-state index in [1.165, 1.54) is 30.4 Å². The standard InChI is InChI=1S/C20H26N2OS/c1-15-6-7-17(12-16(15)2)20(23)21-13-19(18-8-11-24-14-18)22-9-4-3-5-10-22/h6-8,11-12,14,19H,3-5,9-10,13H2,1-2H3,(H,21,23). The molecule has 1 fully saturated rings. The first-order valence-electron chi connectivity index (χ1n) is 8.77. The molecule has 24 heavy (non-hydrogen) atoms. The zero-order valence-electron chi connectivity index (χ0n) is 14.5. The molecule has 3 nitrogen and oxygen atoms in total. The topological polar surface area (TPSA) is 32.3 Å². The summed E-state index contributed by atoms with van der Waals surface area (Å²) in [5.74, 6) is 0.0235. The molecule has 1 aliphatic rings. The van der Waals surface area contributed by atoms with Gasteiger partial charge in [0.25, 0.3) is 5.91 Å². The van der Waals surface area contributed by atoms with Crippen molar-refractivity contribution in [3.63, 3.8) is 0 Å². The molecule has 0 bridgehead atoms. The number of amides is 1. The summed E-state index contributed by atoms with van der Waals surface area (Å²) < 4.78 is 0. The number of hydrogen-bond acceptors (Lipinski definition) is 3. The number of benzene rings is 1. The van der Waals surface area contributed by atoms with Crippen LogP contribution in [-0.2, 0) is 0 Å². The Hall–Kier alpha value is -1.65. The number of hydrogen-bond donors (Lipinski definition) is 1. The Morgan fingerprint density at radius 2 is 1.96 bits per heavy atom. The third kappa shape index (κ3) is 4.05. The number of carbonyl (C=O) groups is 1. The predicted octanol–water partition coefficient (Wildman–Crippen LogP) is 4.32. The molecule has 1 aromatic carbocycles. The molecule has 1 aromatic heterocycles. The van der Waals surface area contributed by atoms with Gasteiger partial charge in [0.1, 0.15) is 0 Å². The lowest BCUT2D eigenvalue weighted by atomic mass is 10.0. The molecule has 4 heteroatoms. The van der Waals surface area contributed by atoms with Crippen LogP contribution in [0.2, 0.25) is 0 Å². The van der Waals surface area contributed by atoms with Gasteiger partial charge in [-0.3, -0.25) is 9.69 Å². The molecule has 2 aromatic rings. The quantitative estimate of drug-likeness (QED) is 0.877. The Labute approximate surface area is 148 Å². The van der Waals surface area contributed by atoms with E-state index in [9.17, 15) is 4.79 Å². The molecular formula is C20H26N2OS. The van der Waals surface area contributed by atoms with Crippen molar-refractivity contribution in [2.75, 3.05) is 19.6 Å². The van der Waals surface area contributed by atoms with E-state index in [2.05, 4.69) is 34.0 Å². The van der Waals surface area contributed by atoms with Gasteiger partial charge in [0.05, 0.1) is 6.04 Å². The fourth-order valence-electron chi connectivity index (χ4n) is 3.33. The fourth-order valence-corrected chi connectivity index (χ4v) is 4.03. The van der Waals surface area contributed by atoms with E-state index < -0.39 is 0 Å². The van der Waals surface area contributed by atoms with Gasteiger partial charge in [0.2, 0.25) is 0 Å². The van der Waals surface area contributed by atoms with Gasteiger partial charge < -0.3 is 5.32 Å². The van der Waals surface area contributed by atoms with Crippen LogP contribution in [0.5, 0.6) is 0 Å². The molecule has 2 heterocycles. The number of aryl methyl sites for hydroxylation is 2. The van der Waals surface area contributed by atoms with Crippen LogP contribution in [0.1, 0.15) is 52.4 Å². The molecule has 0 spiro atoms. The van der Waals surface area contributed by atoms with Crippen molar-refractivity contribution in [1.82, 2.24) is 10.2 Å². The highest BCUT2D eigenvalue weighted by molar-refractivity contribution is 7.07. The zero-order chi connectivity index (χ0) is 16.9. The van der Waals surface area contributed by atoms with Gasteiger partial charge in [-0.15, -0.1) is 0 Å². The van der Waals surface area contributed by atoms with Gasteiger partial charge in [-0.1, -0.05) is 12.5 Å². The van der Waals surface area contributed by atoms with Crippen LogP contribution in [-0.4, -0.2) is 30.4 Å². The molecule has 1 aliphatic heterocycles. The largest absolute Gasteiger partial charge is 0.350 e. The lowest BCUT2D eigenvalue weighted by molar-refractivity contribution is 0.0924. The zero-order valence-corrected chi connectivity index (χ0v) is 15.4.